The maximum atomic E-state index is 13.0. The molecule has 2 aliphatic rings. The molecule has 0 bridgehead atoms. The standard InChI is InChI=1S/C17H28N4O2/c1-2-8-17(13-22)9-6-10-20(12-17)16(23)15-19-18-14-7-4-3-5-11-21(14)15/h22H,2-13H2,1H3/t17-/m0/s1. The van der Waals surface area contributed by atoms with E-state index in [2.05, 4.69) is 17.1 Å². The molecule has 1 N–H and O–H groups in total. The van der Waals surface area contributed by atoms with Gasteiger partial charge in [0.1, 0.15) is 5.82 Å². The molecule has 6 nitrogen and oxygen atoms in total. The minimum Gasteiger partial charge on any atom is -0.396 e. The van der Waals surface area contributed by atoms with Gasteiger partial charge in [-0.25, -0.2) is 0 Å². The Morgan fingerprint density at radius 1 is 1.22 bits per heavy atom. The maximum Gasteiger partial charge on any atom is 0.291 e. The largest absolute Gasteiger partial charge is 0.396 e. The number of fused-ring (bicyclic) bond motifs is 1. The highest BCUT2D eigenvalue weighted by atomic mass is 16.3. The van der Waals surface area contributed by atoms with E-state index in [-0.39, 0.29) is 17.9 Å². The number of carbonyl (C=O) groups is 1. The summed E-state index contributed by atoms with van der Waals surface area (Å²) in [7, 11) is 0. The first kappa shape index (κ1) is 16.4. The third-order valence-corrected chi connectivity index (χ3v) is 5.37. The fraction of sp³-hybridized carbons (Fsp3) is 0.824. The first-order chi connectivity index (χ1) is 11.2. The molecule has 1 saturated heterocycles. The summed E-state index contributed by atoms with van der Waals surface area (Å²) >= 11 is 0. The maximum absolute atomic E-state index is 13.0. The Bertz CT molecular complexity index is 553. The van der Waals surface area contributed by atoms with Gasteiger partial charge >= 0.3 is 0 Å². The number of hydrogen-bond donors (Lipinski definition) is 1. The summed E-state index contributed by atoms with van der Waals surface area (Å²) in [6.45, 7) is 4.53. The van der Waals surface area contributed by atoms with E-state index in [0.717, 1.165) is 63.9 Å². The second-order valence-electron chi connectivity index (χ2n) is 7.14. The zero-order chi connectivity index (χ0) is 16.3. The van der Waals surface area contributed by atoms with Gasteiger partial charge in [-0.05, 0) is 32.1 Å². The Labute approximate surface area is 137 Å². The summed E-state index contributed by atoms with van der Waals surface area (Å²) in [6.07, 6.45) is 8.25. The summed E-state index contributed by atoms with van der Waals surface area (Å²) < 4.78 is 2.02. The van der Waals surface area contributed by atoms with Crippen molar-refractivity contribution in [1.29, 1.82) is 0 Å². The van der Waals surface area contributed by atoms with Crippen molar-refractivity contribution in [3.8, 4) is 0 Å². The van der Waals surface area contributed by atoms with Crippen LogP contribution in [0, 0.1) is 5.41 Å². The molecule has 0 aliphatic carbocycles. The van der Waals surface area contributed by atoms with Crippen molar-refractivity contribution in [1.82, 2.24) is 19.7 Å². The highest BCUT2D eigenvalue weighted by Gasteiger charge is 2.37. The summed E-state index contributed by atoms with van der Waals surface area (Å²) in [5.41, 5.74) is -0.135. The van der Waals surface area contributed by atoms with Gasteiger partial charge in [-0.3, -0.25) is 4.79 Å². The van der Waals surface area contributed by atoms with E-state index in [4.69, 9.17) is 0 Å². The number of hydrogen-bond acceptors (Lipinski definition) is 4. The van der Waals surface area contributed by atoms with Crippen LogP contribution in [0.25, 0.3) is 0 Å². The van der Waals surface area contributed by atoms with Gasteiger partial charge in [0.05, 0.1) is 6.61 Å². The third kappa shape index (κ3) is 3.27. The van der Waals surface area contributed by atoms with Crippen LogP contribution in [0.4, 0.5) is 0 Å². The number of piperidine rings is 1. The van der Waals surface area contributed by atoms with Crippen LogP contribution in [-0.4, -0.2) is 50.4 Å². The Kier molecular flexibility index (Phi) is 4.99. The monoisotopic (exact) mass is 320 g/mol. The summed E-state index contributed by atoms with van der Waals surface area (Å²) in [4.78, 5) is 14.9. The van der Waals surface area contributed by atoms with Gasteiger partial charge in [0.25, 0.3) is 5.91 Å². The van der Waals surface area contributed by atoms with Crippen LogP contribution in [0.5, 0.6) is 0 Å². The van der Waals surface area contributed by atoms with E-state index >= 15 is 0 Å². The molecule has 6 heteroatoms. The molecular weight excluding hydrogens is 292 g/mol. The lowest BCUT2D eigenvalue weighted by Crippen LogP contribution is -2.48. The molecule has 128 valence electrons. The highest BCUT2D eigenvalue weighted by Crippen LogP contribution is 2.34. The third-order valence-electron chi connectivity index (χ3n) is 5.37. The van der Waals surface area contributed by atoms with Gasteiger partial charge in [-0.15, -0.1) is 10.2 Å². The molecule has 2 aliphatic heterocycles. The van der Waals surface area contributed by atoms with Crippen LogP contribution >= 0.6 is 0 Å². The number of aryl methyl sites for hydroxylation is 1. The summed E-state index contributed by atoms with van der Waals surface area (Å²) in [5.74, 6) is 1.43. The Morgan fingerprint density at radius 3 is 2.87 bits per heavy atom. The number of likely N-dealkylation sites (tertiary alicyclic amines) is 1. The number of rotatable bonds is 4. The molecule has 1 aromatic heterocycles. The van der Waals surface area contributed by atoms with Crippen molar-refractivity contribution in [2.24, 2.45) is 5.41 Å². The quantitative estimate of drug-likeness (QED) is 0.921. The normalized spacial score (nSPS) is 25.0. The topological polar surface area (TPSA) is 71.2 Å². The zero-order valence-corrected chi connectivity index (χ0v) is 14.1. The van der Waals surface area contributed by atoms with Gasteiger partial charge in [0.2, 0.25) is 5.82 Å². The molecule has 3 heterocycles. The summed E-state index contributed by atoms with van der Waals surface area (Å²) in [6, 6.07) is 0. The van der Waals surface area contributed by atoms with Crippen LogP contribution in [0.2, 0.25) is 0 Å². The van der Waals surface area contributed by atoms with Gasteiger partial charge in [-0.1, -0.05) is 19.8 Å². The van der Waals surface area contributed by atoms with Gasteiger partial charge in [0.15, 0.2) is 0 Å². The lowest BCUT2D eigenvalue weighted by Gasteiger charge is -2.41. The van der Waals surface area contributed by atoms with E-state index in [1.165, 1.54) is 6.42 Å². The van der Waals surface area contributed by atoms with Crippen molar-refractivity contribution >= 4 is 5.91 Å². The summed E-state index contributed by atoms with van der Waals surface area (Å²) in [5, 5.41) is 18.3. The van der Waals surface area contributed by atoms with Crippen molar-refractivity contribution in [2.75, 3.05) is 19.7 Å². The first-order valence-corrected chi connectivity index (χ1v) is 9.01. The Morgan fingerprint density at radius 2 is 2.09 bits per heavy atom. The van der Waals surface area contributed by atoms with Crippen molar-refractivity contribution in [3.05, 3.63) is 11.6 Å². The molecule has 0 unspecified atom stereocenters. The van der Waals surface area contributed by atoms with E-state index in [9.17, 15) is 9.90 Å². The highest BCUT2D eigenvalue weighted by molar-refractivity contribution is 5.90. The van der Waals surface area contributed by atoms with Crippen molar-refractivity contribution in [3.63, 3.8) is 0 Å². The van der Waals surface area contributed by atoms with Crippen LogP contribution < -0.4 is 0 Å². The Hall–Kier alpha value is -1.43. The van der Waals surface area contributed by atoms with E-state index < -0.39 is 0 Å². The number of aliphatic hydroxyl groups excluding tert-OH is 1. The van der Waals surface area contributed by atoms with E-state index in [1.807, 2.05) is 9.47 Å². The average molecular weight is 320 g/mol. The van der Waals surface area contributed by atoms with E-state index in [1.54, 1.807) is 0 Å². The zero-order valence-electron chi connectivity index (χ0n) is 14.1. The smallest absolute Gasteiger partial charge is 0.291 e. The molecule has 1 atom stereocenters. The van der Waals surface area contributed by atoms with Gasteiger partial charge in [0, 0.05) is 31.5 Å². The second kappa shape index (κ2) is 6.99. The molecule has 23 heavy (non-hydrogen) atoms. The average Bonchev–Trinajstić information content (AvgIpc) is 2.83. The number of aliphatic hydroxyl groups is 1. The molecule has 0 radical (unpaired) electrons. The minimum atomic E-state index is -0.135. The van der Waals surface area contributed by atoms with E-state index in [0.29, 0.717) is 12.4 Å². The second-order valence-corrected chi connectivity index (χ2v) is 7.14. The fourth-order valence-electron chi connectivity index (χ4n) is 4.11. The minimum absolute atomic E-state index is 0.0146. The molecule has 0 saturated carbocycles. The number of amides is 1. The number of aromatic nitrogens is 3. The Balaban J connectivity index is 1.79. The molecule has 0 aromatic carbocycles. The van der Waals surface area contributed by atoms with Crippen LogP contribution in [0.1, 0.15) is 68.3 Å². The number of carbonyl (C=O) groups excluding carboxylic acids is 1. The van der Waals surface area contributed by atoms with Crippen LogP contribution in [0.15, 0.2) is 0 Å². The molecule has 1 aromatic rings. The molecular formula is C17H28N4O2. The molecule has 0 spiro atoms. The van der Waals surface area contributed by atoms with Crippen molar-refractivity contribution < 1.29 is 9.90 Å². The van der Waals surface area contributed by atoms with Gasteiger partial charge in [-0.2, -0.15) is 0 Å². The fourth-order valence-corrected chi connectivity index (χ4v) is 4.11. The van der Waals surface area contributed by atoms with Crippen LogP contribution in [-0.2, 0) is 13.0 Å². The van der Waals surface area contributed by atoms with Crippen molar-refractivity contribution in [2.45, 2.75) is 64.8 Å². The molecule has 1 fully saturated rings. The van der Waals surface area contributed by atoms with Crippen LogP contribution in [0.3, 0.4) is 0 Å². The lowest BCUT2D eigenvalue weighted by atomic mass is 9.77. The molecule has 1 amide bonds. The lowest BCUT2D eigenvalue weighted by molar-refractivity contribution is 0.0212. The molecule has 3 rings (SSSR count). The SMILES string of the molecule is CCC[C@]1(CO)CCCN(C(=O)c2nnc3n2CCCCC3)C1. The first-order valence-electron chi connectivity index (χ1n) is 9.01. The van der Waals surface area contributed by atoms with Gasteiger partial charge < -0.3 is 14.6 Å². The number of nitrogens with zero attached hydrogens (tertiary/aromatic N) is 4. The predicted octanol–water partition coefficient (Wildman–Crippen LogP) is 2.02. The predicted molar refractivity (Wildman–Crippen MR) is 87.1 cm³/mol.